The fourth-order valence-electron chi connectivity index (χ4n) is 3.44. The molecule has 2 aromatic carbocycles. The highest BCUT2D eigenvalue weighted by atomic mass is 16.5. The first-order chi connectivity index (χ1) is 15.4. The number of amides is 1. The minimum absolute atomic E-state index is 0.224. The first kappa shape index (κ1) is 22.8. The molecule has 1 aromatic heterocycles. The first-order valence-electron chi connectivity index (χ1n) is 10.4. The standard InChI is InChI=1S/C25H25N3O4/c1-17(2)23(27-24(30)18-9-4-3-5-10-18)25(31)32-16-22(29)20-15-28(14-8-13-26)21-12-7-6-11-19(20)21/h3-7,9-12,15,17,23H,8,14,16H2,1-2H3,(H,27,30)/t23-/m0/s1. The van der Waals surface area contributed by atoms with E-state index in [4.69, 9.17) is 10.00 Å². The molecule has 1 amide bonds. The molecule has 32 heavy (non-hydrogen) atoms. The second kappa shape index (κ2) is 10.4. The summed E-state index contributed by atoms with van der Waals surface area (Å²) in [6.07, 6.45) is 2.01. The van der Waals surface area contributed by atoms with E-state index in [9.17, 15) is 14.4 Å². The molecule has 0 unspecified atom stereocenters. The summed E-state index contributed by atoms with van der Waals surface area (Å²) in [5.41, 5.74) is 1.71. The van der Waals surface area contributed by atoms with Gasteiger partial charge in [-0.05, 0) is 24.1 Å². The lowest BCUT2D eigenvalue weighted by Gasteiger charge is -2.20. The van der Waals surface area contributed by atoms with Crippen LogP contribution < -0.4 is 5.32 Å². The SMILES string of the molecule is CC(C)[C@H](NC(=O)c1ccccc1)C(=O)OCC(=O)c1cn(CCC#N)c2ccccc12. The molecule has 1 atom stereocenters. The van der Waals surface area contributed by atoms with Crippen molar-refractivity contribution in [1.29, 1.82) is 5.26 Å². The highest BCUT2D eigenvalue weighted by Gasteiger charge is 2.27. The van der Waals surface area contributed by atoms with E-state index < -0.39 is 18.6 Å². The topological polar surface area (TPSA) is 101 Å². The van der Waals surface area contributed by atoms with E-state index in [2.05, 4.69) is 11.4 Å². The smallest absolute Gasteiger partial charge is 0.329 e. The number of hydrogen-bond acceptors (Lipinski definition) is 5. The van der Waals surface area contributed by atoms with Crippen molar-refractivity contribution in [2.24, 2.45) is 5.92 Å². The number of aromatic nitrogens is 1. The van der Waals surface area contributed by atoms with E-state index >= 15 is 0 Å². The minimum atomic E-state index is -0.882. The fraction of sp³-hybridized carbons (Fsp3) is 0.280. The Labute approximate surface area is 186 Å². The summed E-state index contributed by atoms with van der Waals surface area (Å²) in [5.74, 6) is -1.61. The van der Waals surface area contributed by atoms with Crippen LogP contribution in [0.15, 0.2) is 60.8 Å². The third-order valence-electron chi connectivity index (χ3n) is 5.14. The van der Waals surface area contributed by atoms with Crippen molar-refractivity contribution < 1.29 is 19.1 Å². The maximum Gasteiger partial charge on any atom is 0.329 e. The van der Waals surface area contributed by atoms with Crippen LogP contribution in [0.4, 0.5) is 0 Å². The van der Waals surface area contributed by atoms with E-state index in [-0.39, 0.29) is 17.6 Å². The molecule has 3 aromatic rings. The van der Waals surface area contributed by atoms with Crippen LogP contribution in [0.1, 0.15) is 41.0 Å². The number of fused-ring (bicyclic) bond motifs is 1. The summed E-state index contributed by atoms with van der Waals surface area (Å²) in [6, 6.07) is 17.2. The van der Waals surface area contributed by atoms with Gasteiger partial charge in [-0.3, -0.25) is 9.59 Å². The number of esters is 1. The van der Waals surface area contributed by atoms with Gasteiger partial charge in [-0.2, -0.15) is 5.26 Å². The van der Waals surface area contributed by atoms with Gasteiger partial charge >= 0.3 is 5.97 Å². The van der Waals surface area contributed by atoms with Crippen molar-refractivity contribution in [1.82, 2.24) is 9.88 Å². The Morgan fingerprint density at radius 2 is 1.75 bits per heavy atom. The van der Waals surface area contributed by atoms with Crippen molar-refractivity contribution in [2.45, 2.75) is 32.9 Å². The highest BCUT2D eigenvalue weighted by Crippen LogP contribution is 2.22. The van der Waals surface area contributed by atoms with E-state index in [1.54, 1.807) is 50.4 Å². The van der Waals surface area contributed by atoms with Crippen molar-refractivity contribution in [3.63, 3.8) is 0 Å². The number of carbonyl (C=O) groups is 3. The first-order valence-corrected chi connectivity index (χ1v) is 10.4. The third kappa shape index (κ3) is 5.22. The Bertz CT molecular complexity index is 1160. The summed E-state index contributed by atoms with van der Waals surface area (Å²) >= 11 is 0. The second-order valence-corrected chi connectivity index (χ2v) is 7.75. The van der Waals surface area contributed by atoms with Crippen LogP contribution in [0.2, 0.25) is 0 Å². The van der Waals surface area contributed by atoms with Crippen LogP contribution in [0.25, 0.3) is 10.9 Å². The van der Waals surface area contributed by atoms with Gasteiger partial charge in [-0.25, -0.2) is 4.79 Å². The van der Waals surface area contributed by atoms with Gasteiger partial charge in [0.05, 0.1) is 12.5 Å². The summed E-state index contributed by atoms with van der Waals surface area (Å²) < 4.78 is 7.14. The number of nitriles is 1. The third-order valence-corrected chi connectivity index (χ3v) is 5.14. The molecule has 0 radical (unpaired) electrons. The molecule has 7 nitrogen and oxygen atoms in total. The quantitative estimate of drug-likeness (QED) is 0.411. The number of carbonyl (C=O) groups excluding carboxylic acids is 3. The van der Waals surface area contributed by atoms with Gasteiger partial charge in [0.25, 0.3) is 5.91 Å². The maximum absolute atomic E-state index is 12.8. The van der Waals surface area contributed by atoms with Gasteiger partial charge in [0.1, 0.15) is 6.04 Å². The molecule has 3 rings (SSSR count). The molecular weight excluding hydrogens is 406 g/mol. The largest absolute Gasteiger partial charge is 0.456 e. The molecule has 0 aliphatic rings. The molecule has 7 heteroatoms. The summed E-state index contributed by atoms with van der Waals surface area (Å²) in [7, 11) is 0. The molecule has 164 valence electrons. The number of nitrogens with one attached hydrogen (secondary N) is 1. The Morgan fingerprint density at radius 1 is 1.06 bits per heavy atom. The van der Waals surface area contributed by atoms with Crippen molar-refractivity contribution in [3.05, 3.63) is 71.9 Å². The summed E-state index contributed by atoms with van der Waals surface area (Å²) in [4.78, 5) is 38.0. The average Bonchev–Trinajstić information content (AvgIpc) is 3.18. The number of rotatable bonds is 9. The normalized spacial score (nSPS) is 11.7. The Balaban J connectivity index is 1.70. The van der Waals surface area contributed by atoms with Crippen LogP contribution in [0.3, 0.4) is 0 Å². The highest BCUT2D eigenvalue weighted by molar-refractivity contribution is 6.09. The Kier molecular flexibility index (Phi) is 7.40. The van der Waals surface area contributed by atoms with Crippen LogP contribution in [0.5, 0.6) is 0 Å². The lowest BCUT2D eigenvalue weighted by atomic mass is 10.0. The molecule has 0 fully saturated rings. The molecular formula is C25H25N3O4. The lowest BCUT2D eigenvalue weighted by molar-refractivity contribution is -0.145. The van der Waals surface area contributed by atoms with Gasteiger partial charge < -0.3 is 14.6 Å². The Hall–Kier alpha value is -3.92. The van der Waals surface area contributed by atoms with Crippen LogP contribution >= 0.6 is 0 Å². The fourth-order valence-corrected chi connectivity index (χ4v) is 3.44. The van der Waals surface area contributed by atoms with Gasteiger partial charge in [-0.15, -0.1) is 0 Å². The van der Waals surface area contributed by atoms with Crippen molar-refractivity contribution >= 4 is 28.6 Å². The minimum Gasteiger partial charge on any atom is -0.456 e. The number of hydrogen-bond donors (Lipinski definition) is 1. The monoisotopic (exact) mass is 431 g/mol. The van der Waals surface area contributed by atoms with Gasteiger partial charge in [0, 0.05) is 34.8 Å². The molecule has 0 aliphatic carbocycles. The predicted octanol–water partition coefficient (Wildman–Crippen LogP) is 3.74. The predicted molar refractivity (Wildman–Crippen MR) is 120 cm³/mol. The number of para-hydroxylation sites is 1. The lowest BCUT2D eigenvalue weighted by Crippen LogP contribution is -2.45. The van der Waals surface area contributed by atoms with Gasteiger partial charge in [0.2, 0.25) is 5.78 Å². The molecule has 0 bridgehead atoms. The second-order valence-electron chi connectivity index (χ2n) is 7.75. The maximum atomic E-state index is 12.8. The Morgan fingerprint density at radius 3 is 2.44 bits per heavy atom. The number of nitrogens with zero attached hydrogens (tertiary/aromatic N) is 2. The zero-order chi connectivity index (χ0) is 23.1. The molecule has 0 aliphatic heterocycles. The van der Waals surface area contributed by atoms with E-state index in [0.717, 1.165) is 10.9 Å². The molecule has 1 N–H and O–H groups in total. The summed E-state index contributed by atoms with van der Waals surface area (Å²) in [5, 5.41) is 12.3. The number of ketones is 1. The average molecular weight is 431 g/mol. The number of Topliss-reactive ketones (excluding diaryl/α,β-unsaturated/α-hetero) is 1. The van der Waals surface area contributed by atoms with Crippen LogP contribution in [-0.4, -0.2) is 34.9 Å². The number of aryl methyl sites for hydroxylation is 1. The summed E-state index contributed by atoms with van der Waals surface area (Å²) in [6.45, 7) is 3.62. The van der Waals surface area contributed by atoms with E-state index in [1.165, 1.54) is 0 Å². The van der Waals surface area contributed by atoms with Gasteiger partial charge in [-0.1, -0.05) is 50.2 Å². The van der Waals surface area contributed by atoms with Crippen molar-refractivity contribution in [3.8, 4) is 6.07 Å². The molecule has 0 saturated carbocycles. The van der Waals surface area contributed by atoms with Crippen LogP contribution in [-0.2, 0) is 16.1 Å². The van der Waals surface area contributed by atoms with Crippen LogP contribution in [0, 0.1) is 17.2 Å². The molecule has 1 heterocycles. The van der Waals surface area contributed by atoms with E-state index in [0.29, 0.717) is 24.1 Å². The van der Waals surface area contributed by atoms with Crippen molar-refractivity contribution in [2.75, 3.05) is 6.61 Å². The zero-order valence-electron chi connectivity index (χ0n) is 18.1. The number of ether oxygens (including phenoxy) is 1. The number of benzene rings is 2. The van der Waals surface area contributed by atoms with E-state index in [1.807, 2.05) is 28.8 Å². The molecule has 0 saturated heterocycles. The zero-order valence-corrected chi connectivity index (χ0v) is 18.1. The molecule has 0 spiro atoms. The van der Waals surface area contributed by atoms with Gasteiger partial charge in [0.15, 0.2) is 6.61 Å².